The molecule has 2 aromatic heterocycles. The van der Waals surface area contributed by atoms with Gasteiger partial charge in [0.25, 0.3) is 0 Å². The Labute approximate surface area is 192 Å². The number of fused-ring (bicyclic) bond motifs is 1. The lowest BCUT2D eigenvalue weighted by molar-refractivity contribution is -0.119. The predicted molar refractivity (Wildman–Crippen MR) is 132 cm³/mol. The molecule has 0 N–H and O–H groups in total. The summed E-state index contributed by atoms with van der Waals surface area (Å²) in [5, 5.41) is 5.68. The average Bonchev–Trinajstić information content (AvgIpc) is 3.19. The minimum absolute atomic E-state index is 0.0404. The minimum Gasteiger partial charge on any atom is -0.306 e. The fourth-order valence-corrected chi connectivity index (χ4v) is 4.16. The van der Waals surface area contributed by atoms with Gasteiger partial charge < -0.3 is 4.90 Å². The molecule has 1 amide bonds. The van der Waals surface area contributed by atoms with Crippen molar-refractivity contribution in [3.63, 3.8) is 0 Å². The van der Waals surface area contributed by atoms with E-state index in [0.717, 1.165) is 39.1 Å². The molecular weight excluding hydrogens is 408 g/mol. The Balaban J connectivity index is 1.51. The molecule has 2 heterocycles. The van der Waals surface area contributed by atoms with Crippen LogP contribution in [0.15, 0.2) is 103 Å². The first-order chi connectivity index (χ1) is 16.2. The second-order valence-corrected chi connectivity index (χ2v) is 7.97. The largest absolute Gasteiger partial charge is 0.306 e. The van der Waals surface area contributed by atoms with E-state index in [2.05, 4.69) is 17.1 Å². The van der Waals surface area contributed by atoms with Gasteiger partial charge in [-0.1, -0.05) is 78.9 Å². The van der Waals surface area contributed by atoms with Crippen molar-refractivity contribution < 1.29 is 4.79 Å². The number of aryl methyl sites for hydroxylation is 1. The smallest absolute Gasteiger partial charge is 0.249 e. The number of rotatable bonds is 6. The second kappa shape index (κ2) is 9.09. The van der Waals surface area contributed by atoms with E-state index in [1.165, 1.54) is 0 Å². The van der Waals surface area contributed by atoms with Crippen LogP contribution < -0.4 is 4.90 Å². The molecule has 5 nitrogen and oxygen atoms in total. The standard InChI is InChI=1S/C28H24N4O/c1-21-27-25(23-13-7-3-8-14-23)17-18-29-28(27)32(30-21)20-26(33)31(24-15-9-4-10-16-24)19-22-11-5-2-6-12-22/h2-18H,19-20H2,1H3. The van der Waals surface area contributed by atoms with Gasteiger partial charge in [-0.3, -0.25) is 4.79 Å². The van der Waals surface area contributed by atoms with Crippen LogP contribution >= 0.6 is 0 Å². The lowest BCUT2D eigenvalue weighted by Gasteiger charge is -2.23. The molecule has 5 rings (SSSR count). The maximum atomic E-state index is 13.6. The third-order valence-electron chi connectivity index (χ3n) is 5.73. The van der Waals surface area contributed by atoms with E-state index in [1.807, 2.05) is 91.9 Å². The van der Waals surface area contributed by atoms with E-state index in [1.54, 1.807) is 15.8 Å². The number of hydrogen-bond donors (Lipinski definition) is 0. The molecule has 0 saturated heterocycles. The highest BCUT2D eigenvalue weighted by molar-refractivity contribution is 5.97. The molecule has 0 unspecified atom stereocenters. The van der Waals surface area contributed by atoms with Crippen LogP contribution in [0.5, 0.6) is 0 Å². The summed E-state index contributed by atoms with van der Waals surface area (Å²) in [7, 11) is 0. The first-order valence-electron chi connectivity index (χ1n) is 11.0. The Morgan fingerprint density at radius 3 is 2.18 bits per heavy atom. The lowest BCUT2D eigenvalue weighted by Crippen LogP contribution is -2.33. The van der Waals surface area contributed by atoms with Crippen molar-refractivity contribution in [2.45, 2.75) is 20.0 Å². The van der Waals surface area contributed by atoms with Crippen LogP contribution in [-0.2, 0) is 17.9 Å². The molecule has 0 bridgehead atoms. The summed E-state index contributed by atoms with van der Waals surface area (Å²) < 4.78 is 1.72. The molecule has 33 heavy (non-hydrogen) atoms. The van der Waals surface area contributed by atoms with Crippen molar-refractivity contribution in [3.8, 4) is 11.1 Å². The number of carbonyl (C=O) groups is 1. The molecule has 0 aliphatic heterocycles. The van der Waals surface area contributed by atoms with Gasteiger partial charge in [0.15, 0.2) is 5.65 Å². The van der Waals surface area contributed by atoms with Gasteiger partial charge in [-0.15, -0.1) is 0 Å². The van der Waals surface area contributed by atoms with Crippen molar-refractivity contribution in [2.75, 3.05) is 4.90 Å². The van der Waals surface area contributed by atoms with Crippen molar-refractivity contribution in [3.05, 3.63) is 115 Å². The van der Waals surface area contributed by atoms with Gasteiger partial charge in [-0.25, -0.2) is 9.67 Å². The fourth-order valence-electron chi connectivity index (χ4n) is 4.16. The zero-order valence-corrected chi connectivity index (χ0v) is 18.4. The van der Waals surface area contributed by atoms with E-state index >= 15 is 0 Å². The zero-order chi connectivity index (χ0) is 22.6. The normalized spacial score (nSPS) is 10.9. The lowest BCUT2D eigenvalue weighted by atomic mass is 10.0. The number of nitrogens with zero attached hydrogens (tertiary/aromatic N) is 4. The van der Waals surface area contributed by atoms with Gasteiger partial charge in [-0.2, -0.15) is 5.10 Å². The molecule has 5 aromatic rings. The number of hydrogen-bond acceptors (Lipinski definition) is 3. The van der Waals surface area contributed by atoms with E-state index in [-0.39, 0.29) is 12.5 Å². The maximum Gasteiger partial charge on any atom is 0.249 e. The predicted octanol–water partition coefficient (Wildman–Crippen LogP) is 5.64. The summed E-state index contributed by atoms with van der Waals surface area (Å²) in [4.78, 5) is 20.0. The van der Waals surface area contributed by atoms with Crippen LogP contribution in [-0.4, -0.2) is 20.7 Å². The molecule has 0 fully saturated rings. The SMILES string of the molecule is Cc1nn(CC(=O)N(Cc2ccccc2)c2ccccc2)c2nccc(-c3ccccc3)c12. The minimum atomic E-state index is -0.0404. The molecule has 162 valence electrons. The van der Waals surface area contributed by atoms with Crippen LogP contribution in [0.4, 0.5) is 5.69 Å². The van der Waals surface area contributed by atoms with Gasteiger partial charge in [0.1, 0.15) is 6.54 Å². The van der Waals surface area contributed by atoms with Gasteiger partial charge in [0.2, 0.25) is 5.91 Å². The van der Waals surface area contributed by atoms with E-state index in [0.29, 0.717) is 6.54 Å². The summed E-state index contributed by atoms with van der Waals surface area (Å²) in [5.41, 5.74) is 5.68. The van der Waals surface area contributed by atoms with Crippen molar-refractivity contribution in [1.29, 1.82) is 0 Å². The van der Waals surface area contributed by atoms with Gasteiger partial charge >= 0.3 is 0 Å². The Morgan fingerprint density at radius 2 is 1.48 bits per heavy atom. The van der Waals surface area contributed by atoms with Crippen molar-refractivity contribution in [1.82, 2.24) is 14.8 Å². The topological polar surface area (TPSA) is 51.0 Å². The Hall–Kier alpha value is -4.25. The van der Waals surface area contributed by atoms with Crippen molar-refractivity contribution in [2.24, 2.45) is 0 Å². The molecular formula is C28H24N4O. The number of pyridine rings is 1. The summed E-state index contributed by atoms with van der Waals surface area (Å²) in [6.07, 6.45) is 1.78. The number of anilines is 1. The molecule has 3 aromatic carbocycles. The van der Waals surface area contributed by atoms with Gasteiger partial charge in [0, 0.05) is 17.3 Å². The van der Waals surface area contributed by atoms with Crippen LogP contribution in [0.25, 0.3) is 22.2 Å². The highest BCUT2D eigenvalue weighted by Gasteiger charge is 2.20. The molecule has 0 atom stereocenters. The Morgan fingerprint density at radius 1 is 0.848 bits per heavy atom. The summed E-state index contributed by atoms with van der Waals surface area (Å²) in [5.74, 6) is -0.0404. The van der Waals surface area contributed by atoms with Crippen LogP contribution in [0.3, 0.4) is 0 Å². The quantitative estimate of drug-likeness (QED) is 0.349. The van der Waals surface area contributed by atoms with E-state index in [9.17, 15) is 4.79 Å². The first kappa shape index (κ1) is 20.6. The summed E-state index contributed by atoms with van der Waals surface area (Å²) in [6.45, 7) is 2.57. The summed E-state index contributed by atoms with van der Waals surface area (Å²) >= 11 is 0. The van der Waals surface area contributed by atoms with Gasteiger partial charge in [0.05, 0.1) is 12.2 Å². The first-order valence-corrected chi connectivity index (χ1v) is 11.0. The van der Waals surface area contributed by atoms with Crippen LogP contribution in [0.1, 0.15) is 11.3 Å². The number of benzene rings is 3. The third-order valence-corrected chi connectivity index (χ3v) is 5.73. The number of carbonyl (C=O) groups excluding carboxylic acids is 1. The third kappa shape index (κ3) is 4.26. The monoisotopic (exact) mass is 432 g/mol. The number of para-hydroxylation sites is 1. The molecule has 0 saturated carbocycles. The van der Waals surface area contributed by atoms with Crippen molar-refractivity contribution >= 4 is 22.6 Å². The Bertz CT molecular complexity index is 1380. The Kier molecular flexibility index (Phi) is 5.68. The number of amides is 1. The average molecular weight is 433 g/mol. The van der Waals surface area contributed by atoms with E-state index < -0.39 is 0 Å². The molecule has 0 spiro atoms. The second-order valence-electron chi connectivity index (χ2n) is 7.97. The van der Waals surface area contributed by atoms with Crippen LogP contribution in [0, 0.1) is 6.92 Å². The van der Waals surface area contributed by atoms with E-state index in [4.69, 9.17) is 5.10 Å². The van der Waals surface area contributed by atoms with Crippen LogP contribution in [0.2, 0.25) is 0 Å². The molecule has 5 heteroatoms. The molecule has 0 aliphatic rings. The molecule has 0 radical (unpaired) electrons. The summed E-state index contributed by atoms with van der Waals surface area (Å²) in [6, 6.07) is 32.0. The number of aromatic nitrogens is 3. The zero-order valence-electron chi connectivity index (χ0n) is 18.4. The molecule has 0 aliphatic carbocycles. The maximum absolute atomic E-state index is 13.6. The highest BCUT2D eigenvalue weighted by Crippen LogP contribution is 2.30. The highest BCUT2D eigenvalue weighted by atomic mass is 16.2. The van der Waals surface area contributed by atoms with Gasteiger partial charge in [-0.05, 0) is 41.8 Å². The fraction of sp³-hybridized carbons (Fsp3) is 0.107.